The van der Waals surface area contributed by atoms with E-state index >= 15 is 0 Å². The van der Waals surface area contributed by atoms with Crippen molar-refractivity contribution in [2.24, 2.45) is 0 Å². The summed E-state index contributed by atoms with van der Waals surface area (Å²) in [6.45, 7) is 0. The Labute approximate surface area is 83.5 Å². The van der Waals surface area contributed by atoms with Gasteiger partial charge in [-0.2, -0.15) is 7.82 Å². The van der Waals surface area contributed by atoms with E-state index in [-0.39, 0.29) is 57.2 Å². The van der Waals surface area contributed by atoms with Crippen LogP contribution >= 0.6 is 7.82 Å². The molecule has 0 spiro atoms. The van der Waals surface area contributed by atoms with Crippen molar-refractivity contribution in [3.05, 3.63) is 0 Å². The van der Waals surface area contributed by atoms with Gasteiger partial charge in [-0.15, -0.1) is 0 Å². The van der Waals surface area contributed by atoms with Crippen LogP contribution in [-0.2, 0) is 30.8 Å². The molecule has 4 nitrogen and oxygen atoms in total. The summed E-state index contributed by atoms with van der Waals surface area (Å²) in [6.07, 6.45) is 0. The van der Waals surface area contributed by atoms with Crippen molar-refractivity contribution >= 4 is 7.82 Å². The van der Waals surface area contributed by atoms with Gasteiger partial charge in [0.2, 0.25) is 0 Å². The van der Waals surface area contributed by atoms with E-state index in [0.717, 1.165) is 0 Å². The molecule has 35 valence electrons. The number of hydrogen-bond donors (Lipinski definition) is 0. The molecule has 0 aromatic heterocycles. The van der Waals surface area contributed by atoms with Gasteiger partial charge in [0.05, 0.1) is 0 Å². The van der Waals surface area contributed by atoms with E-state index in [4.69, 9.17) is 19.2 Å². The smallest absolute Gasteiger partial charge is 1.00 e. The fourth-order valence-electron chi connectivity index (χ4n) is 0. The third kappa shape index (κ3) is 72.3. The second-order valence-corrected chi connectivity index (χ2v) is 1.34. The van der Waals surface area contributed by atoms with Gasteiger partial charge >= 0.3 is 55.8 Å². The molecule has 0 fully saturated rings. The van der Waals surface area contributed by atoms with Crippen LogP contribution in [0.1, 0.15) is 1.43 Å². The molecule has 0 saturated heterocycles. The molecule has 0 heterocycles. The van der Waals surface area contributed by atoms with Crippen LogP contribution in [-0.4, -0.2) is 0 Å². The molecule has 0 N–H and O–H groups in total. The van der Waals surface area contributed by atoms with Gasteiger partial charge in [-0.1, -0.05) is 0 Å². The van der Waals surface area contributed by atoms with Crippen LogP contribution < -0.4 is 44.2 Å². The summed E-state index contributed by atoms with van der Waals surface area (Å²) in [5.41, 5.74) is 0. The Balaban J connectivity index is -0.0000000267. The maximum absolute atomic E-state index is 8.55. The summed E-state index contributed by atoms with van der Waals surface area (Å²) >= 11 is 0. The third-order valence-electron chi connectivity index (χ3n) is 0. The largest absolute Gasteiger partial charge is 3.00 e. The molecule has 0 rings (SSSR count). The van der Waals surface area contributed by atoms with Gasteiger partial charge in [-0.05, 0) is 0 Å². The first-order chi connectivity index (χ1) is 2.00. The molecule has 7 heteroatoms. The van der Waals surface area contributed by atoms with E-state index in [0.29, 0.717) is 0 Å². The second-order valence-electron chi connectivity index (χ2n) is 0.447. The zero-order valence-corrected chi connectivity index (χ0v) is 8.93. The summed E-state index contributed by atoms with van der Waals surface area (Å²) < 4.78 is 8.55. The molecule has 0 aliphatic rings. The topological polar surface area (TPSA) is 86.2 Å². The molecule has 0 aliphatic carbocycles. The minimum Gasteiger partial charge on any atom is -1.00 e. The van der Waals surface area contributed by atoms with E-state index in [1.54, 1.807) is 0 Å². The average Bonchev–Trinajstić information content (AvgIpc) is 0.722. The van der Waals surface area contributed by atoms with Crippen LogP contribution in [0, 0.1) is 0 Å². The van der Waals surface area contributed by atoms with Gasteiger partial charge in [-0.3, -0.25) is 0 Å². The van der Waals surface area contributed by atoms with Crippen molar-refractivity contribution in [2.75, 3.05) is 0 Å². The van der Waals surface area contributed by atoms with Crippen LogP contribution in [0.2, 0.25) is 0 Å². The average molecular weight is 210 g/mol. The van der Waals surface area contributed by atoms with Crippen molar-refractivity contribution < 1.29 is 76.4 Å². The summed E-state index contributed by atoms with van der Waals surface area (Å²) in [4.78, 5) is 25.6. The molecule has 0 saturated carbocycles. The maximum Gasteiger partial charge on any atom is 3.00 e. The van der Waals surface area contributed by atoms with E-state index in [2.05, 4.69) is 0 Å². The van der Waals surface area contributed by atoms with Crippen LogP contribution in [0.25, 0.3) is 0 Å². The van der Waals surface area contributed by atoms with Crippen molar-refractivity contribution in [1.29, 1.82) is 0 Å². The van der Waals surface area contributed by atoms with Crippen LogP contribution in [0.3, 0.4) is 0 Å². The Hall–Kier alpha value is 1.99. The molecule has 0 aliphatic heterocycles. The first-order valence-corrected chi connectivity index (χ1v) is 2.19. The molecule has 0 aromatic carbocycles. The van der Waals surface area contributed by atoms with E-state index < -0.39 is 7.82 Å². The second kappa shape index (κ2) is 6.12. The van der Waals surface area contributed by atoms with Gasteiger partial charge in [0.25, 0.3) is 0 Å². The van der Waals surface area contributed by atoms with Gasteiger partial charge in [-0.25, -0.2) is 0 Å². The molecular formula is HNaO4PZr. The van der Waals surface area contributed by atoms with Crippen molar-refractivity contribution in [2.45, 2.75) is 0 Å². The Morgan fingerprint density at radius 2 is 1.29 bits per heavy atom. The molecule has 0 amide bonds. The van der Waals surface area contributed by atoms with E-state index in [1.165, 1.54) is 0 Å². The van der Waals surface area contributed by atoms with Gasteiger partial charge < -0.3 is 20.7 Å². The summed E-state index contributed by atoms with van der Waals surface area (Å²) in [6, 6.07) is 0. The van der Waals surface area contributed by atoms with Gasteiger partial charge in [0.1, 0.15) is 0 Å². The number of rotatable bonds is 0. The Morgan fingerprint density at radius 3 is 1.29 bits per heavy atom. The predicted octanol–water partition coefficient (Wildman–Crippen LogP) is -5.71. The fraction of sp³-hybridized carbons (Fsp3) is 0. The zero-order chi connectivity index (χ0) is 4.50. The summed E-state index contributed by atoms with van der Waals surface area (Å²) in [5, 5.41) is 0. The summed E-state index contributed by atoms with van der Waals surface area (Å²) in [5.74, 6) is 0. The molecular weight excluding hydrogens is 209 g/mol. The number of phosphoric acid groups is 1. The molecule has 0 atom stereocenters. The van der Waals surface area contributed by atoms with Crippen molar-refractivity contribution in [3.63, 3.8) is 0 Å². The van der Waals surface area contributed by atoms with Gasteiger partial charge in [0, 0.05) is 0 Å². The van der Waals surface area contributed by atoms with Crippen LogP contribution in [0.5, 0.6) is 0 Å². The monoisotopic (exact) mass is 209 g/mol. The SMILES string of the molecule is O=P([O-])([O-])[O-].[H-].[Na+].[Zr+3]. The molecule has 0 aromatic rings. The first-order valence-electron chi connectivity index (χ1n) is 0.730. The van der Waals surface area contributed by atoms with E-state index in [9.17, 15) is 0 Å². The minimum absolute atomic E-state index is 0. The van der Waals surface area contributed by atoms with Gasteiger partial charge in [0.15, 0.2) is 0 Å². The minimum atomic E-state index is -5.39. The first kappa shape index (κ1) is 16.0. The molecule has 0 bridgehead atoms. The Kier molecular flexibility index (Phi) is 14.0. The Bertz CT molecular complexity index is 62.2. The van der Waals surface area contributed by atoms with Crippen molar-refractivity contribution in [3.8, 4) is 0 Å². The maximum atomic E-state index is 8.55. The third-order valence-corrected chi connectivity index (χ3v) is 0. The number of hydrogen-bond acceptors (Lipinski definition) is 4. The van der Waals surface area contributed by atoms with Crippen LogP contribution in [0.15, 0.2) is 0 Å². The zero-order valence-electron chi connectivity index (χ0n) is 4.58. The normalized spacial score (nSPS) is 8.43. The van der Waals surface area contributed by atoms with Crippen molar-refractivity contribution in [1.82, 2.24) is 0 Å². The molecule has 7 heavy (non-hydrogen) atoms. The predicted molar refractivity (Wildman–Crippen MR) is 8.72 cm³/mol. The quantitative estimate of drug-likeness (QED) is 0.294. The van der Waals surface area contributed by atoms with Crippen LogP contribution in [0.4, 0.5) is 0 Å². The molecule has 0 unspecified atom stereocenters. The van der Waals surface area contributed by atoms with E-state index in [1.807, 2.05) is 0 Å². The standard InChI is InChI=1S/Na.H3O4P.Zr.H/c;1-5(2,3)4;;/h;(H3,1,2,3,4);;/q+1;;+3;-1/p-3. The Morgan fingerprint density at radius 1 is 1.29 bits per heavy atom. The summed E-state index contributed by atoms with van der Waals surface area (Å²) in [7, 11) is -5.39. The fourth-order valence-corrected chi connectivity index (χ4v) is 0. The molecule has 1 radical (unpaired) electrons.